The molecule has 2 amide bonds. The molecule has 2 aromatic heterocycles. The molecule has 0 spiro atoms. The maximum absolute atomic E-state index is 12.7. The summed E-state index contributed by atoms with van der Waals surface area (Å²) in [6, 6.07) is 0. The highest BCUT2D eigenvalue weighted by atomic mass is 32.2. The molecule has 0 saturated carbocycles. The van der Waals surface area contributed by atoms with Crippen LogP contribution in [0.3, 0.4) is 0 Å². The van der Waals surface area contributed by atoms with E-state index in [9.17, 15) is 63.0 Å². The van der Waals surface area contributed by atoms with Gasteiger partial charge in [-0.25, -0.2) is 28.6 Å². The predicted molar refractivity (Wildman–Crippen MR) is 239 cm³/mol. The number of nitrogens with two attached hydrogens (primary N) is 1. The minimum absolute atomic E-state index is 0.00784. The molecule has 376 valence electrons. The van der Waals surface area contributed by atoms with Crippen molar-refractivity contribution < 1.29 is 85.6 Å². The Kier molecular flexibility index (Phi) is 23.9. The molecule has 1 saturated heterocycles. The molecular weight excluding hydrogens is 955 g/mol. The van der Waals surface area contributed by atoms with E-state index in [-0.39, 0.29) is 53.8 Å². The van der Waals surface area contributed by atoms with Gasteiger partial charge >= 0.3 is 23.5 Å². The third-order valence-corrected chi connectivity index (χ3v) is 14.0. The van der Waals surface area contributed by atoms with Crippen molar-refractivity contribution in [3.8, 4) is 0 Å². The Bertz CT molecular complexity index is 2040. The van der Waals surface area contributed by atoms with Crippen LogP contribution in [0.1, 0.15) is 104 Å². The Hall–Kier alpha value is -2.74. The number of rotatable bonds is 32. The predicted octanol–water partition coefficient (Wildman–Crippen LogP) is 2.89. The molecule has 8 atom stereocenters. The average Bonchev–Trinajstić information content (AvgIpc) is 3.79. The van der Waals surface area contributed by atoms with Gasteiger partial charge in [0, 0.05) is 37.1 Å². The SMILES string of the molecule is CCCCCCCCC/C=C\CC[C@H](O)CC(=O)SCCNC(=O)CCNC(=O)[C@H](O)C(C)(C)COP(=O)(O)OP(=O)(O)OC[C@H]1O[C@@H](n2cnc3c(N)ncnc32)[C@H](O)[C@@H]1OP(=O)(O)O. The zero-order chi connectivity index (χ0) is 49.1. The average molecular weight is 1020 g/mol. The number of aliphatic hydroxyl groups excluding tert-OH is 3. The van der Waals surface area contributed by atoms with E-state index in [0.29, 0.717) is 12.8 Å². The van der Waals surface area contributed by atoms with Crippen molar-refractivity contribution >= 4 is 69.1 Å². The van der Waals surface area contributed by atoms with Crippen LogP contribution in [0.5, 0.6) is 0 Å². The molecule has 1 aliphatic heterocycles. The maximum Gasteiger partial charge on any atom is 0.481 e. The Morgan fingerprint density at radius 3 is 2.32 bits per heavy atom. The first-order valence-electron chi connectivity index (χ1n) is 21.3. The number of unbranched alkanes of at least 4 members (excludes halogenated alkanes) is 7. The zero-order valence-corrected chi connectivity index (χ0v) is 40.5. The number of phosphoric ester groups is 3. The second-order valence-corrected chi connectivity index (χ2v) is 21.5. The van der Waals surface area contributed by atoms with Gasteiger partial charge in [0.2, 0.25) is 11.8 Å². The second kappa shape index (κ2) is 27.4. The topological polar surface area (TPSA) is 384 Å². The number of carbonyl (C=O) groups excluding carboxylic acids is 3. The van der Waals surface area contributed by atoms with Gasteiger partial charge in [0.25, 0.3) is 0 Å². The van der Waals surface area contributed by atoms with E-state index in [2.05, 4.69) is 47.4 Å². The minimum atomic E-state index is -5.59. The normalized spacial score (nSPS) is 20.8. The highest BCUT2D eigenvalue weighted by Gasteiger charge is 2.50. The van der Waals surface area contributed by atoms with Crippen molar-refractivity contribution in [3.63, 3.8) is 0 Å². The van der Waals surface area contributed by atoms with Gasteiger partial charge in [-0.15, -0.1) is 0 Å². The lowest BCUT2D eigenvalue weighted by molar-refractivity contribution is -0.137. The van der Waals surface area contributed by atoms with Crippen LogP contribution >= 0.6 is 35.2 Å². The fraction of sp³-hybridized carbons (Fsp3) is 0.730. The number of aromatic nitrogens is 4. The van der Waals surface area contributed by atoms with E-state index in [1.54, 1.807) is 0 Å². The Labute approximate surface area is 386 Å². The highest BCUT2D eigenvalue weighted by Crippen LogP contribution is 2.61. The molecule has 25 nitrogen and oxygen atoms in total. The molecule has 2 unspecified atom stereocenters. The molecule has 11 N–H and O–H groups in total. The standard InChI is InChI=1S/C37H64N7O18P3S/c1-4-5-6-7-8-9-10-11-12-13-14-15-25(45)20-28(47)66-19-18-39-27(46)16-17-40-35(50)32(49)37(2,3)22-59-65(56,57)62-64(54,55)58-21-26-31(61-63(51,52)53)30(48)36(60-26)44-24-43-29-33(38)41-23-42-34(29)44/h12-13,23-26,30-32,36,45,48-49H,4-11,14-22H2,1-3H3,(H,39,46)(H,40,50)(H,54,55)(H,56,57)(H2,38,41,42)(H2,51,52,53)/b13-12-/t25-,26+,30+,31+,32-,36+/m0/s1. The van der Waals surface area contributed by atoms with Crippen LogP contribution in [0.2, 0.25) is 0 Å². The first-order valence-corrected chi connectivity index (χ1v) is 26.8. The molecule has 29 heteroatoms. The Balaban J connectivity index is 1.35. The Morgan fingerprint density at radius 1 is 0.955 bits per heavy atom. The van der Waals surface area contributed by atoms with Gasteiger partial charge in [-0.1, -0.05) is 83.2 Å². The van der Waals surface area contributed by atoms with Crippen molar-refractivity contribution in [2.45, 2.75) is 135 Å². The zero-order valence-electron chi connectivity index (χ0n) is 37.0. The van der Waals surface area contributed by atoms with Gasteiger partial charge in [0.05, 0.1) is 25.6 Å². The number of nitrogens with zero attached hydrogens (tertiary/aromatic N) is 4. The molecule has 0 aromatic carbocycles. The van der Waals surface area contributed by atoms with E-state index in [4.69, 9.17) is 19.5 Å². The molecule has 0 bridgehead atoms. The fourth-order valence-electron chi connectivity index (χ4n) is 6.39. The molecule has 3 heterocycles. The summed E-state index contributed by atoms with van der Waals surface area (Å²) in [6.45, 7) is 2.58. The number of fused-ring (bicyclic) bond motifs is 1. The molecule has 1 aliphatic rings. The Morgan fingerprint density at radius 2 is 1.62 bits per heavy atom. The first kappa shape index (κ1) is 57.6. The van der Waals surface area contributed by atoms with Crippen LogP contribution in [-0.4, -0.2) is 134 Å². The largest absolute Gasteiger partial charge is 0.481 e. The number of anilines is 1. The van der Waals surface area contributed by atoms with Crippen LogP contribution in [0.25, 0.3) is 11.2 Å². The van der Waals surface area contributed by atoms with E-state index in [0.717, 1.165) is 41.8 Å². The fourth-order valence-corrected chi connectivity index (χ4v) is 9.96. The molecule has 1 fully saturated rings. The van der Waals surface area contributed by atoms with E-state index < -0.39 is 90.7 Å². The number of thioether (sulfide) groups is 1. The summed E-state index contributed by atoms with van der Waals surface area (Å²) in [5.74, 6) is -1.24. The quantitative estimate of drug-likeness (QED) is 0.0286. The number of nitrogen functional groups attached to an aromatic ring is 1. The monoisotopic (exact) mass is 1020 g/mol. The number of carbonyl (C=O) groups is 3. The summed E-state index contributed by atoms with van der Waals surface area (Å²) in [5.41, 5.74) is 4.25. The number of imidazole rings is 1. The van der Waals surface area contributed by atoms with Crippen LogP contribution in [0.4, 0.5) is 5.82 Å². The minimum Gasteiger partial charge on any atom is -0.393 e. The summed E-state index contributed by atoms with van der Waals surface area (Å²) >= 11 is 0.980. The van der Waals surface area contributed by atoms with Crippen LogP contribution in [0, 0.1) is 5.41 Å². The summed E-state index contributed by atoms with van der Waals surface area (Å²) < 4.78 is 62.3. The third-order valence-electron chi connectivity index (χ3n) is 9.97. The van der Waals surface area contributed by atoms with Gasteiger partial charge in [-0.2, -0.15) is 4.31 Å². The number of hydrogen-bond donors (Lipinski definition) is 10. The van der Waals surface area contributed by atoms with Crippen molar-refractivity contribution in [2.75, 3.05) is 37.8 Å². The molecule has 2 aromatic rings. The van der Waals surface area contributed by atoms with Crippen molar-refractivity contribution in [1.29, 1.82) is 0 Å². The van der Waals surface area contributed by atoms with Crippen LogP contribution in [-0.2, 0) is 50.7 Å². The number of aliphatic hydroxyl groups is 3. The first-order chi connectivity index (χ1) is 30.9. The molecule has 66 heavy (non-hydrogen) atoms. The summed E-state index contributed by atoms with van der Waals surface area (Å²) in [6.07, 6.45) is 7.26. The lowest BCUT2D eigenvalue weighted by atomic mass is 9.87. The molecule has 0 radical (unpaired) electrons. The van der Waals surface area contributed by atoms with Crippen LogP contribution in [0.15, 0.2) is 24.8 Å². The van der Waals surface area contributed by atoms with Gasteiger partial charge in [-0.3, -0.25) is 32.5 Å². The number of ether oxygens (including phenoxy) is 1. The lowest BCUT2D eigenvalue weighted by Crippen LogP contribution is -2.46. The molecule has 0 aliphatic carbocycles. The molecular formula is C37H64N7O18P3S. The number of amides is 2. The summed E-state index contributed by atoms with van der Waals surface area (Å²) in [7, 11) is -16.4. The highest BCUT2D eigenvalue weighted by molar-refractivity contribution is 8.13. The smallest absolute Gasteiger partial charge is 0.393 e. The van der Waals surface area contributed by atoms with E-state index in [1.807, 2.05) is 6.08 Å². The summed E-state index contributed by atoms with van der Waals surface area (Å²) in [5, 5.41) is 36.5. The maximum atomic E-state index is 12.7. The van der Waals surface area contributed by atoms with Gasteiger partial charge in [0.15, 0.2) is 22.8 Å². The van der Waals surface area contributed by atoms with Gasteiger partial charge in [-0.05, 0) is 25.7 Å². The second-order valence-electron chi connectivity index (χ2n) is 16.1. The number of allylic oxidation sites excluding steroid dienone is 2. The van der Waals surface area contributed by atoms with Crippen molar-refractivity contribution in [2.24, 2.45) is 5.41 Å². The van der Waals surface area contributed by atoms with E-state index in [1.165, 1.54) is 52.4 Å². The number of phosphoric acid groups is 3. The third kappa shape index (κ3) is 20.5. The van der Waals surface area contributed by atoms with Crippen molar-refractivity contribution in [1.82, 2.24) is 30.2 Å². The van der Waals surface area contributed by atoms with Crippen LogP contribution < -0.4 is 16.4 Å². The lowest BCUT2D eigenvalue weighted by Gasteiger charge is -2.30. The van der Waals surface area contributed by atoms with Gasteiger partial charge < -0.3 is 56.0 Å². The van der Waals surface area contributed by atoms with E-state index >= 15 is 0 Å². The number of nitrogens with one attached hydrogen (secondary N) is 2. The van der Waals surface area contributed by atoms with Gasteiger partial charge in [0.1, 0.15) is 36.3 Å². The molecule has 3 rings (SSSR count). The summed E-state index contributed by atoms with van der Waals surface area (Å²) in [4.78, 5) is 88.3. The van der Waals surface area contributed by atoms with Crippen molar-refractivity contribution in [3.05, 3.63) is 24.8 Å². The number of hydrogen-bond acceptors (Lipinski definition) is 19.